The van der Waals surface area contributed by atoms with Crippen molar-refractivity contribution in [2.75, 3.05) is 13.6 Å². The van der Waals surface area contributed by atoms with Gasteiger partial charge in [0, 0.05) is 19.6 Å². The summed E-state index contributed by atoms with van der Waals surface area (Å²) in [6.07, 6.45) is 2.42. The first-order valence-electron chi connectivity index (χ1n) is 5.66. The van der Waals surface area contributed by atoms with Gasteiger partial charge in [-0.1, -0.05) is 0 Å². The van der Waals surface area contributed by atoms with Crippen LogP contribution in [0.2, 0.25) is 0 Å². The molecule has 0 aromatic carbocycles. The van der Waals surface area contributed by atoms with Gasteiger partial charge in [-0.15, -0.1) is 11.3 Å². The summed E-state index contributed by atoms with van der Waals surface area (Å²) in [6.45, 7) is 2.55. The number of aryl methyl sites for hydroxylation is 1. The van der Waals surface area contributed by atoms with E-state index < -0.39 is 0 Å². The van der Waals surface area contributed by atoms with Gasteiger partial charge in [0.25, 0.3) is 5.91 Å². The minimum absolute atomic E-state index is 0.120. The second-order valence-corrected chi connectivity index (χ2v) is 5.41. The summed E-state index contributed by atoms with van der Waals surface area (Å²) in [4.78, 5) is 14.9. The van der Waals surface area contributed by atoms with Crippen LogP contribution in [-0.4, -0.2) is 30.4 Å². The molecule has 1 aromatic heterocycles. The predicted molar refractivity (Wildman–Crippen MR) is 66.7 cm³/mol. The average molecular weight is 238 g/mol. The van der Waals surface area contributed by atoms with Crippen molar-refractivity contribution in [3.8, 4) is 0 Å². The van der Waals surface area contributed by atoms with Crippen LogP contribution in [0.5, 0.6) is 0 Å². The molecule has 1 unspecified atom stereocenters. The van der Waals surface area contributed by atoms with Gasteiger partial charge in [0.05, 0.1) is 4.88 Å². The Morgan fingerprint density at radius 3 is 2.81 bits per heavy atom. The standard InChI is InChI=1S/C12H18N2OS/c1-8-5-6-16-11(8)12(15)14(2)10(7-13)9-3-4-9/h5-6,9-10H,3-4,7,13H2,1-2H3. The summed E-state index contributed by atoms with van der Waals surface area (Å²) in [6, 6.07) is 2.20. The summed E-state index contributed by atoms with van der Waals surface area (Å²) in [5.74, 6) is 0.745. The number of thiophene rings is 1. The number of likely N-dealkylation sites (N-methyl/N-ethyl adjacent to an activating group) is 1. The van der Waals surface area contributed by atoms with Crippen LogP contribution in [0, 0.1) is 12.8 Å². The van der Waals surface area contributed by atoms with Gasteiger partial charge >= 0.3 is 0 Å². The van der Waals surface area contributed by atoms with Crippen molar-refractivity contribution < 1.29 is 4.79 Å². The third-order valence-corrected chi connectivity index (χ3v) is 4.29. The number of nitrogens with zero attached hydrogens (tertiary/aromatic N) is 1. The van der Waals surface area contributed by atoms with Crippen LogP contribution in [-0.2, 0) is 0 Å². The second-order valence-electron chi connectivity index (χ2n) is 4.49. The van der Waals surface area contributed by atoms with E-state index in [2.05, 4.69) is 0 Å². The van der Waals surface area contributed by atoms with E-state index in [1.54, 1.807) is 0 Å². The Balaban J connectivity index is 2.11. The summed E-state index contributed by atoms with van der Waals surface area (Å²) in [7, 11) is 1.87. The highest BCUT2D eigenvalue weighted by atomic mass is 32.1. The van der Waals surface area contributed by atoms with Gasteiger partial charge < -0.3 is 10.6 Å². The number of hydrogen-bond donors (Lipinski definition) is 1. The van der Waals surface area contributed by atoms with E-state index in [0.29, 0.717) is 12.5 Å². The van der Waals surface area contributed by atoms with E-state index in [9.17, 15) is 4.79 Å². The van der Waals surface area contributed by atoms with Gasteiger partial charge in [0.2, 0.25) is 0 Å². The Morgan fingerprint density at radius 1 is 1.69 bits per heavy atom. The Morgan fingerprint density at radius 2 is 2.38 bits per heavy atom. The summed E-state index contributed by atoms with van der Waals surface area (Å²) in [5.41, 5.74) is 6.82. The molecular formula is C12H18N2OS. The molecule has 0 bridgehead atoms. The fourth-order valence-electron chi connectivity index (χ4n) is 2.05. The van der Waals surface area contributed by atoms with Crippen LogP contribution in [0.3, 0.4) is 0 Å². The monoisotopic (exact) mass is 238 g/mol. The van der Waals surface area contributed by atoms with Crippen molar-refractivity contribution in [1.82, 2.24) is 4.90 Å². The number of amides is 1. The number of rotatable bonds is 4. The highest BCUT2D eigenvalue weighted by Gasteiger charge is 2.35. The van der Waals surface area contributed by atoms with Gasteiger partial charge in [-0.25, -0.2) is 0 Å². The maximum Gasteiger partial charge on any atom is 0.264 e. The van der Waals surface area contributed by atoms with Gasteiger partial charge in [-0.2, -0.15) is 0 Å². The van der Waals surface area contributed by atoms with Gasteiger partial charge in [0.1, 0.15) is 0 Å². The molecule has 16 heavy (non-hydrogen) atoms. The maximum absolute atomic E-state index is 12.2. The molecule has 2 rings (SSSR count). The quantitative estimate of drug-likeness (QED) is 0.870. The number of carbonyl (C=O) groups is 1. The van der Waals surface area contributed by atoms with E-state index in [0.717, 1.165) is 10.4 Å². The molecule has 2 N–H and O–H groups in total. The molecule has 1 fully saturated rings. The van der Waals surface area contributed by atoms with Crippen LogP contribution < -0.4 is 5.73 Å². The molecule has 1 amide bonds. The third-order valence-electron chi connectivity index (χ3n) is 3.28. The lowest BCUT2D eigenvalue weighted by molar-refractivity contribution is 0.0723. The number of carbonyl (C=O) groups excluding carboxylic acids is 1. The van der Waals surface area contributed by atoms with Crippen LogP contribution >= 0.6 is 11.3 Å². The van der Waals surface area contributed by atoms with Crippen molar-refractivity contribution in [2.45, 2.75) is 25.8 Å². The lowest BCUT2D eigenvalue weighted by atomic mass is 10.1. The summed E-state index contributed by atoms with van der Waals surface area (Å²) >= 11 is 1.51. The van der Waals surface area contributed by atoms with E-state index in [1.807, 2.05) is 30.3 Å². The van der Waals surface area contributed by atoms with E-state index >= 15 is 0 Å². The van der Waals surface area contributed by atoms with E-state index in [1.165, 1.54) is 24.2 Å². The smallest absolute Gasteiger partial charge is 0.264 e. The molecule has 88 valence electrons. The first-order valence-corrected chi connectivity index (χ1v) is 6.54. The largest absolute Gasteiger partial charge is 0.336 e. The topological polar surface area (TPSA) is 46.3 Å². The lowest BCUT2D eigenvalue weighted by Crippen LogP contribution is -2.43. The number of hydrogen-bond acceptors (Lipinski definition) is 3. The Hall–Kier alpha value is -0.870. The average Bonchev–Trinajstić information content (AvgIpc) is 3.01. The van der Waals surface area contributed by atoms with Gasteiger partial charge in [0.15, 0.2) is 0 Å². The molecule has 0 aliphatic heterocycles. The van der Waals surface area contributed by atoms with E-state index in [4.69, 9.17) is 5.73 Å². The zero-order valence-electron chi connectivity index (χ0n) is 9.77. The minimum atomic E-state index is 0.120. The summed E-state index contributed by atoms with van der Waals surface area (Å²) < 4.78 is 0. The zero-order valence-corrected chi connectivity index (χ0v) is 10.6. The Labute approximate surface area is 100 Å². The molecule has 1 aliphatic rings. The van der Waals surface area contributed by atoms with E-state index in [-0.39, 0.29) is 11.9 Å². The Kier molecular flexibility index (Phi) is 3.30. The molecule has 0 saturated heterocycles. The fourth-order valence-corrected chi connectivity index (χ4v) is 2.96. The predicted octanol–water partition coefficient (Wildman–Crippen LogP) is 1.87. The highest BCUT2D eigenvalue weighted by molar-refractivity contribution is 7.12. The normalized spacial score (nSPS) is 17.2. The molecule has 0 radical (unpaired) electrons. The molecule has 1 atom stereocenters. The molecule has 1 saturated carbocycles. The molecule has 0 spiro atoms. The first kappa shape index (κ1) is 11.6. The van der Waals surface area contributed by atoms with Crippen LogP contribution in [0.25, 0.3) is 0 Å². The first-order chi connectivity index (χ1) is 7.65. The second kappa shape index (κ2) is 4.55. The molecule has 1 aliphatic carbocycles. The maximum atomic E-state index is 12.2. The van der Waals surface area contributed by atoms with Crippen molar-refractivity contribution in [1.29, 1.82) is 0 Å². The minimum Gasteiger partial charge on any atom is -0.336 e. The van der Waals surface area contributed by atoms with Crippen LogP contribution in [0.15, 0.2) is 11.4 Å². The van der Waals surface area contributed by atoms with Crippen LogP contribution in [0.1, 0.15) is 28.1 Å². The van der Waals surface area contributed by atoms with Crippen molar-refractivity contribution >= 4 is 17.2 Å². The number of nitrogens with two attached hydrogens (primary N) is 1. The lowest BCUT2D eigenvalue weighted by Gasteiger charge is -2.27. The zero-order chi connectivity index (χ0) is 11.7. The summed E-state index contributed by atoms with van der Waals surface area (Å²) in [5, 5.41) is 1.96. The highest BCUT2D eigenvalue weighted by Crippen LogP contribution is 2.35. The van der Waals surface area contributed by atoms with Crippen LogP contribution in [0.4, 0.5) is 0 Å². The molecule has 3 nitrogen and oxygen atoms in total. The molecule has 1 heterocycles. The van der Waals surface area contributed by atoms with Gasteiger partial charge in [-0.3, -0.25) is 4.79 Å². The van der Waals surface area contributed by atoms with Crippen molar-refractivity contribution in [3.63, 3.8) is 0 Å². The molecule has 4 heteroatoms. The third kappa shape index (κ3) is 2.13. The SMILES string of the molecule is Cc1ccsc1C(=O)N(C)C(CN)C1CC1. The fraction of sp³-hybridized carbons (Fsp3) is 0.583. The molecular weight excluding hydrogens is 220 g/mol. The Bertz CT molecular complexity index is 384. The van der Waals surface area contributed by atoms with Crippen molar-refractivity contribution in [3.05, 3.63) is 21.9 Å². The molecule has 1 aromatic rings. The van der Waals surface area contributed by atoms with Gasteiger partial charge in [-0.05, 0) is 42.7 Å². The van der Waals surface area contributed by atoms with Crippen molar-refractivity contribution in [2.24, 2.45) is 11.7 Å².